The zero-order valence-electron chi connectivity index (χ0n) is 13.6. The molecule has 1 aliphatic heterocycles. The molecule has 0 unspecified atom stereocenters. The van der Waals surface area contributed by atoms with Gasteiger partial charge >= 0.3 is 0 Å². The van der Waals surface area contributed by atoms with Crippen molar-refractivity contribution >= 4 is 11.7 Å². The number of anilines is 1. The van der Waals surface area contributed by atoms with Gasteiger partial charge in [-0.05, 0) is 17.9 Å². The second-order valence-electron chi connectivity index (χ2n) is 6.26. The van der Waals surface area contributed by atoms with Gasteiger partial charge in [-0.15, -0.1) is 0 Å². The Bertz CT molecular complexity index is 698. The third-order valence-corrected chi connectivity index (χ3v) is 3.82. The molecule has 1 amide bonds. The van der Waals surface area contributed by atoms with Crippen LogP contribution in [-0.4, -0.2) is 22.4 Å². The third-order valence-electron chi connectivity index (χ3n) is 3.82. The van der Waals surface area contributed by atoms with Gasteiger partial charge in [-0.25, -0.2) is 9.97 Å². The summed E-state index contributed by atoms with van der Waals surface area (Å²) in [5.74, 6) is 1.87. The number of nitrogens with zero attached hydrogens (tertiary/aromatic N) is 2. The predicted molar refractivity (Wildman–Crippen MR) is 90.4 cm³/mol. The van der Waals surface area contributed by atoms with E-state index in [0.717, 1.165) is 30.0 Å². The number of amides is 1. The number of rotatable bonds is 5. The number of hydrogen-bond donors (Lipinski definition) is 2. The summed E-state index contributed by atoms with van der Waals surface area (Å²) in [4.78, 5) is 21.3. The van der Waals surface area contributed by atoms with E-state index in [1.54, 1.807) is 0 Å². The molecule has 0 fully saturated rings. The van der Waals surface area contributed by atoms with Crippen molar-refractivity contribution < 1.29 is 4.79 Å². The van der Waals surface area contributed by atoms with E-state index in [1.807, 2.05) is 18.2 Å². The first-order valence-electron chi connectivity index (χ1n) is 8.09. The van der Waals surface area contributed by atoms with Gasteiger partial charge in [-0.2, -0.15) is 0 Å². The molecule has 0 aliphatic carbocycles. The van der Waals surface area contributed by atoms with Crippen molar-refractivity contribution in [3.05, 3.63) is 53.0 Å². The van der Waals surface area contributed by atoms with Crippen LogP contribution >= 0.6 is 0 Å². The van der Waals surface area contributed by atoms with Crippen molar-refractivity contribution in [3.8, 4) is 0 Å². The van der Waals surface area contributed by atoms with Gasteiger partial charge in [-0.3, -0.25) is 4.79 Å². The van der Waals surface area contributed by atoms with Crippen LogP contribution in [0.3, 0.4) is 0 Å². The Morgan fingerprint density at radius 1 is 1.22 bits per heavy atom. The molecule has 120 valence electrons. The van der Waals surface area contributed by atoms with Crippen molar-refractivity contribution in [2.45, 2.75) is 33.2 Å². The largest absolute Gasteiger partial charge is 0.366 e. The minimum atomic E-state index is -0.0959. The van der Waals surface area contributed by atoms with E-state index in [9.17, 15) is 4.79 Å². The van der Waals surface area contributed by atoms with Crippen LogP contribution in [0.2, 0.25) is 0 Å². The lowest BCUT2D eigenvalue weighted by Crippen LogP contribution is -2.34. The fourth-order valence-corrected chi connectivity index (χ4v) is 2.72. The maximum absolute atomic E-state index is 12.1. The van der Waals surface area contributed by atoms with Crippen LogP contribution in [0.4, 0.5) is 5.82 Å². The van der Waals surface area contributed by atoms with Gasteiger partial charge in [0.1, 0.15) is 17.3 Å². The van der Waals surface area contributed by atoms with E-state index in [4.69, 9.17) is 0 Å². The molecule has 2 N–H and O–H groups in total. The van der Waals surface area contributed by atoms with E-state index in [1.165, 1.54) is 5.56 Å². The first-order chi connectivity index (χ1) is 11.1. The number of benzene rings is 1. The highest BCUT2D eigenvalue weighted by molar-refractivity contribution is 5.95. The average molecular weight is 310 g/mol. The highest BCUT2D eigenvalue weighted by Crippen LogP contribution is 2.22. The minimum Gasteiger partial charge on any atom is -0.366 e. The number of carbonyl (C=O) groups excluding carboxylic acids is 1. The van der Waals surface area contributed by atoms with Crippen molar-refractivity contribution in [1.29, 1.82) is 0 Å². The van der Waals surface area contributed by atoms with E-state index >= 15 is 0 Å². The van der Waals surface area contributed by atoms with Crippen molar-refractivity contribution in [1.82, 2.24) is 15.3 Å². The quantitative estimate of drug-likeness (QED) is 0.891. The molecule has 1 aromatic heterocycles. The van der Waals surface area contributed by atoms with E-state index in [2.05, 4.69) is 46.6 Å². The Labute approximate surface area is 136 Å². The number of fused-ring (bicyclic) bond motifs is 1. The van der Waals surface area contributed by atoms with Gasteiger partial charge in [0, 0.05) is 25.1 Å². The lowest BCUT2D eigenvalue weighted by atomic mass is 10.0. The van der Waals surface area contributed by atoms with Gasteiger partial charge in [0.25, 0.3) is 5.91 Å². The molecule has 23 heavy (non-hydrogen) atoms. The molecule has 3 rings (SSSR count). The molecule has 5 heteroatoms. The van der Waals surface area contributed by atoms with E-state index in [-0.39, 0.29) is 5.91 Å². The second kappa shape index (κ2) is 6.77. The maximum Gasteiger partial charge on any atom is 0.270 e. The SMILES string of the molecule is CC(C)Cc1nc(NCc2ccccc2)c2c(n1)C(=O)NCC2. The van der Waals surface area contributed by atoms with Crippen LogP contribution < -0.4 is 10.6 Å². The highest BCUT2D eigenvalue weighted by atomic mass is 16.1. The predicted octanol–water partition coefficient (Wildman–Crippen LogP) is 2.57. The van der Waals surface area contributed by atoms with Crippen molar-refractivity contribution in [2.24, 2.45) is 5.92 Å². The van der Waals surface area contributed by atoms with Crippen LogP contribution in [0.25, 0.3) is 0 Å². The third kappa shape index (κ3) is 3.67. The Morgan fingerprint density at radius 3 is 2.74 bits per heavy atom. The summed E-state index contributed by atoms with van der Waals surface area (Å²) in [6.07, 6.45) is 1.53. The fourth-order valence-electron chi connectivity index (χ4n) is 2.72. The highest BCUT2D eigenvalue weighted by Gasteiger charge is 2.23. The zero-order chi connectivity index (χ0) is 16.2. The lowest BCUT2D eigenvalue weighted by Gasteiger charge is -2.20. The fraction of sp³-hybridized carbons (Fsp3) is 0.389. The maximum atomic E-state index is 12.1. The van der Waals surface area contributed by atoms with Crippen LogP contribution in [0, 0.1) is 5.92 Å². The molecule has 5 nitrogen and oxygen atoms in total. The van der Waals surface area contributed by atoms with Gasteiger partial charge in [0.05, 0.1) is 0 Å². The Kier molecular flexibility index (Phi) is 4.55. The Balaban J connectivity index is 1.90. The van der Waals surface area contributed by atoms with Crippen molar-refractivity contribution in [3.63, 3.8) is 0 Å². The van der Waals surface area contributed by atoms with Crippen molar-refractivity contribution in [2.75, 3.05) is 11.9 Å². The summed E-state index contributed by atoms with van der Waals surface area (Å²) >= 11 is 0. The number of hydrogen-bond acceptors (Lipinski definition) is 4. The normalized spacial score (nSPS) is 13.6. The Hall–Kier alpha value is -2.43. The summed E-state index contributed by atoms with van der Waals surface area (Å²) in [6, 6.07) is 10.2. The van der Waals surface area contributed by atoms with Gasteiger partial charge in [0.2, 0.25) is 0 Å². The van der Waals surface area contributed by atoms with E-state index in [0.29, 0.717) is 24.7 Å². The topological polar surface area (TPSA) is 66.9 Å². The second-order valence-corrected chi connectivity index (χ2v) is 6.26. The lowest BCUT2D eigenvalue weighted by molar-refractivity contribution is 0.0940. The number of nitrogens with one attached hydrogen (secondary N) is 2. The molecule has 0 saturated heterocycles. The monoisotopic (exact) mass is 310 g/mol. The molecule has 0 radical (unpaired) electrons. The molecular formula is C18H22N4O. The zero-order valence-corrected chi connectivity index (χ0v) is 13.6. The molecule has 0 saturated carbocycles. The molecular weight excluding hydrogens is 288 g/mol. The molecule has 2 aromatic rings. The minimum absolute atomic E-state index is 0.0959. The summed E-state index contributed by atoms with van der Waals surface area (Å²) in [6.45, 7) is 5.58. The molecule has 0 bridgehead atoms. The first kappa shape index (κ1) is 15.5. The number of aromatic nitrogens is 2. The Morgan fingerprint density at radius 2 is 2.00 bits per heavy atom. The molecule has 2 heterocycles. The van der Waals surface area contributed by atoms with Gasteiger partial charge in [-0.1, -0.05) is 44.2 Å². The molecule has 0 spiro atoms. The van der Waals surface area contributed by atoms with Crippen LogP contribution in [-0.2, 0) is 19.4 Å². The summed E-state index contributed by atoms with van der Waals surface area (Å²) in [7, 11) is 0. The number of carbonyl (C=O) groups is 1. The van der Waals surface area contributed by atoms with E-state index < -0.39 is 0 Å². The standard InChI is InChI=1S/C18H22N4O/c1-12(2)10-15-21-16-14(8-9-19-18(16)23)17(22-15)20-11-13-6-4-3-5-7-13/h3-7,12H,8-11H2,1-2H3,(H,19,23)(H,20,21,22). The average Bonchev–Trinajstić information content (AvgIpc) is 2.54. The van der Waals surface area contributed by atoms with Crippen LogP contribution in [0.1, 0.15) is 41.3 Å². The molecule has 1 aliphatic rings. The smallest absolute Gasteiger partial charge is 0.270 e. The summed E-state index contributed by atoms with van der Waals surface area (Å²) in [5, 5.41) is 6.25. The summed E-state index contributed by atoms with van der Waals surface area (Å²) in [5.41, 5.74) is 2.64. The first-order valence-corrected chi connectivity index (χ1v) is 8.09. The molecule has 0 atom stereocenters. The molecule has 1 aromatic carbocycles. The summed E-state index contributed by atoms with van der Waals surface area (Å²) < 4.78 is 0. The van der Waals surface area contributed by atoms with Gasteiger partial charge in [0.15, 0.2) is 0 Å². The van der Waals surface area contributed by atoms with Crippen LogP contribution in [0.5, 0.6) is 0 Å². The van der Waals surface area contributed by atoms with Crippen LogP contribution in [0.15, 0.2) is 30.3 Å². The van der Waals surface area contributed by atoms with Gasteiger partial charge < -0.3 is 10.6 Å².